The standard InChI is InChI=1S/C29H27BrN2O3/c1-3-31-26(33)16-24(27(31)34)29(17-20-10-12-22(30)13-11-20)23-15-19(2)9-14-25(23)32(28(29)35)18-21-7-5-4-6-8-21/h4-15,24H,3,16-18H2,1-2H3/t24-,29+/m0/s1. The third-order valence-corrected chi connectivity index (χ3v) is 7.81. The van der Waals surface area contributed by atoms with Crippen molar-refractivity contribution in [2.75, 3.05) is 11.4 Å². The molecule has 0 bridgehead atoms. The number of rotatable bonds is 6. The molecule has 2 atom stereocenters. The maximum absolute atomic E-state index is 14.5. The lowest BCUT2D eigenvalue weighted by Gasteiger charge is -2.33. The number of hydrogen-bond donors (Lipinski definition) is 0. The first kappa shape index (κ1) is 23.5. The third-order valence-electron chi connectivity index (χ3n) is 7.29. The highest BCUT2D eigenvalue weighted by molar-refractivity contribution is 9.10. The summed E-state index contributed by atoms with van der Waals surface area (Å²) in [4.78, 5) is 44.1. The molecule has 2 heterocycles. The van der Waals surface area contributed by atoms with E-state index in [1.165, 1.54) is 4.90 Å². The van der Waals surface area contributed by atoms with Crippen LogP contribution in [-0.4, -0.2) is 29.2 Å². The Labute approximate surface area is 213 Å². The van der Waals surface area contributed by atoms with Crippen molar-refractivity contribution < 1.29 is 14.4 Å². The van der Waals surface area contributed by atoms with E-state index in [0.717, 1.165) is 32.4 Å². The molecule has 2 aliphatic heterocycles. The molecule has 0 saturated carbocycles. The van der Waals surface area contributed by atoms with Gasteiger partial charge in [-0.1, -0.05) is 76.1 Å². The second-order valence-corrected chi connectivity index (χ2v) is 10.3. The second kappa shape index (κ2) is 9.08. The van der Waals surface area contributed by atoms with Crippen LogP contribution >= 0.6 is 15.9 Å². The van der Waals surface area contributed by atoms with Gasteiger partial charge in [-0.3, -0.25) is 19.3 Å². The van der Waals surface area contributed by atoms with E-state index >= 15 is 0 Å². The van der Waals surface area contributed by atoms with Gasteiger partial charge in [0.2, 0.25) is 17.7 Å². The van der Waals surface area contributed by atoms with Crippen LogP contribution in [0.1, 0.15) is 35.6 Å². The molecule has 1 saturated heterocycles. The molecule has 3 amide bonds. The summed E-state index contributed by atoms with van der Waals surface area (Å²) >= 11 is 3.49. The summed E-state index contributed by atoms with van der Waals surface area (Å²) < 4.78 is 0.944. The van der Waals surface area contributed by atoms with Gasteiger partial charge < -0.3 is 4.90 Å². The smallest absolute Gasteiger partial charge is 0.239 e. The van der Waals surface area contributed by atoms with Crippen LogP contribution in [0.15, 0.2) is 77.3 Å². The van der Waals surface area contributed by atoms with Crippen LogP contribution in [-0.2, 0) is 32.8 Å². The van der Waals surface area contributed by atoms with Crippen LogP contribution in [0, 0.1) is 12.8 Å². The fraction of sp³-hybridized carbons (Fsp3) is 0.276. The van der Waals surface area contributed by atoms with Gasteiger partial charge in [-0.25, -0.2) is 0 Å². The molecule has 0 spiro atoms. The predicted molar refractivity (Wildman–Crippen MR) is 139 cm³/mol. The van der Waals surface area contributed by atoms with Gasteiger partial charge in [0.1, 0.15) is 0 Å². The van der Waals surface area contributed by atoms with Crippen LogP contribution in [0.25, 0.3) is 0 Å². The largest absolute Gasteiger partial charge is 0.307 e. The Kier molecular flexibility index (Phi) is 6.09. The minimum atomic E-state index is -1.15. The molecule has 0 N–H and O–H groups in total. The fourth-order valence-electron chi connectivity index (χ4n) is 5.59. The van der Waals surface area contributed by atoms with Gasteiger partial charge >= 0.3 is 0 Å². The number of imide groups is 1. The molecule has 35 heavy (non-hydrogen) atoms. The number of likely N-dealkylation sites (tertiary alicyclic amines) is 1. The average Bonchev–Trinajstić information content (AvgIpc) is 3.26. The van der Waals surface area contributed by atoms with Crippen molar-refractivity contribution in [2.45, 2.75) is 38.6 Å². The number of halogens is 1. The number of carbonyl (C=O) groups excluding carboxylic acids is 3. The maximum Gasteiger partial charge on any atom is 0.239 e. The van der Waals surface area contributed by atoms with Crippen molar-refractivity contribution in [3.8, 4) is 0 Å². The number of hydrogen-bond acceptors (Lipinski definition) is 3. The van der Waals surface area contributed by atoms with Crippen LogP contribution < -0.4 is 4.90 Å². The van der Waals surface area contributed by atoms with E-state index in [4.69, 9.17) is 0 Å². The van der Waals surface area contributed by atoms with Gasteiger partial charge in [-0.15, -0.1) is 0 Å². The van der Waals surface area contributed by atoms with E-state index in [9.17, 15) is 14.4 Å². The lowest BCUT2D eigenvalue weighted by atomic mass is 9.66. The van der Waals surface area contributed by atoms with Gasteiger partial charge in [-0.05, 0) is 55.2 Å². The Morgan fingerprint density at radius 1 is 0.914 bits per heavy atom. The van der Waals surface area contributed by atoms with Gasteiger partial charge in [0.25, 0.3) is 0 Å². The van der Waals surface area contributed by atoms with Crippen molar-refractivity contribution in [1.29, 1.82) is 0 Å². The highest BCUT2D eigenvalue weighted by Crippen LogP contribution is 2.52. The lowest BCUT2D eigenvalue weighted by Crippen LogP contribution is -2.49. The SMILES string of the molecule is CCN1C(=O)C[C@H]([C@]2(Cc3ccc(Br)cc3)C(=O)N(Cc3ccccc3)c3ccc(C)cc32)C1=O. The third kappa shape index (κ3) is 3.90. The molecule has 3 aromatic rings. The molecule has 0 aliphatic carbocycles. The normalized spacial score (nSPS) is 21.7. The molecule has 2 aliphatic rings. The molecular weight excluding hydrogens is 504 g/mol. The molecule has 0 aromatic heterocycles. The van der Waals surface area contributed by atoms with Gasteiger partial charge in [0.05, 0.1) is 17.9 Å². The van der Waals surface area contributed by atoms with E-state index in [-0.39, 0.29) is 24.1 Å². The van der Waals surface area contributed by atoms with Crippen molar-refractivity contribution >= 4 is 39.3 Å². The Morgan fingerprint density at radius 2 is 1.63 bits per heavy atom. The number of fused-ring (bicyclic) bond motifs is 1. The molecule has 5 nitrogen and oxygen atoms in total. The zero-order chi connectivity index (χ0) is 24.7. The van der Waals surface area contributed by atoms with E-state index in [0.29, 0.717) is 19.5 Å². The van der Waals surface area contributed by atoms with Gasteiger partial charge in [-0.2, -0.15) is 0 Å². The number of benzene rings is 3. The predicted octanol–water partition coefficient (Wildman–Crippen LogP) is 5.18. The highest BCUT2D eigenvalue weighted by atomic mass is 79.9. The van der Waals surface area contributed by atoms with Crippen molar-refractivity contribution in [2.24, 2.45) is 5.92 Å². The molecular formula is C29H27BrN2O3. The molecule has 5 rings (SSSR count). The Morgan fingerprint density at radius 3 is 2.29 bits per heavy atom. The van der Waals surface area contributed by atoms with Crippen molar-refractivity contribution in [1.82, 2.24) is 4.90 Å². The van der Waals surface area contributed by atoms with Gasteiger partial charge in [0, 0.05) is 23.1 Å². The summed E-state index contributed by atoms with van der Waals surface area (Å²) in [5.74, 6) is -1.32. The summed E-state index contributed by atoms with van der Waals surface area (Å²) in [6, 6.07) is 23.7. The second-order valence-electron chi connectivity index (χ2n) is 9.41. The summed E-state index contributed by atoms with van der Waals surface area (Å²) in [6.45, 7) is 4.51. The summed E-state index contributed by atoms with van der Waals surface area (Å²) in [5.41, 5.74) is 3.48. The van der Waals surface area contributed by atoms with Crippen LogP contribution in [0.4, 0.5) is 5.69 Å². The van der Waals surface area contributed by atoms with Crippen LogP contribution in [0.5, 0.6) is 0 Å². The Bertz CT molecular complexity index is 1310. The van der Waals surface area contributed by atoms with Crippen LogP contribution in [0.2, 0.25) is 0 Å². The number of anilines is 1. The first-order chi connectivity index (χ1) is 16.8. The Hall–Kier alpha value is -3.25. The maximum atomic E-state index is 14.5. The first-order valence-electron chi connectivity index (χ1n) is 11.9. The topological polar surface area (TPSA) is 57.7 Å². The van der Waals surface area contributed by atoms with E-state index in [1.807, 2.05) is 79.7 Å². The minimum absolute atomic E-state index is 0.0432. The zero-order valence-corrected chi connectivity index (χ0v) is 21.4. The number of nitrogens with zero attached hydrogens (tertiary/aromatic N) is 2. The molecule has 6 heteroatoms. The minimum Gasteiger partial charge on any atom is -0.307 e. The highest BCUT2D eigenvalue weighted by Gasteiger charge is 2.61. The van der Waals surface area contributed by atoms with Crippen molar-refractivity contribution in [3.05, 3.63) is 99.5 Å². The van der Waals surface area contributed by atoms with Crippen LogP contribution in [0.3, 0.4) is 0 Å². The summed E-state index contributed by atoms with van der Waals surface area (Å²) in [6.07, 6.45) is 0.392. The lowest BCUT2D eigenvalue weighted by molar-refractivity contribution is -0.141. The molecule has 3 aromatic carbocycles. The monoisotopic (exact) mass is 530 g/mol. The number of amides is 3. The Balaban J connectivity index is 1.70. The van der Waals surface area contributed by atoms with Gasteiger partial charge in [0.15, 0.2) is 0 Å². The molecule has 0 unspecified atom stereocenters. The quantitative estimate of drug-likeness (QED) is 0.412. The number of carbonyl (C=O) groups is 3. The van der Waals surface area contributed by atoms with E-state index < -0.39 is 11.3 Å². The zero-order valence-electron chi connectivity index (χ0n) is 19.8. The fourth-order valence-corrected chi connectivity index (χ4v) is 5.85. The van der Waals surface area contributed by atoms with Crippen molar-refractivity contribution in [3.63, 3.8) is 0 Å². The first-order valence-corrected chi connectivity index (χ1v) is 12.7. The van der Waals surface area contributed by atoms with E-state index in [2.05, 4.69) is 15.9 Å². The molecule has 0 radical (unpaired) electrons. The molecule has 178 valence electrons. The van der Waals surface area contributed by atoms with E-state index in [1.54, 1.807) is 11.8 Å². The summed E-state index contributed by atoms with van der Waals surface area (Å²) in [7, 11) is 0. The number of aryl methyl sites for hydroxylation is 1. The summed E-state index contributed by atoms with van der Waals surface area (Å²) in [5, 5.41) is 0. The average molecular weight is 531 g/mol. The molecule has 1 fully saturated rings.